The summed E-state index contributed by atoms with van der Waals surface area (Å²) in [7, 11) is -5.86. The summed E-state index contributed by atoms with van der Waals surface area (Å²) >= 11 is 0. The summed E-state index contributed by atoms with van der Waals surface area (Å²) in [6.07, 6.45) is 3.90. The summed E-state index contributed by atoms with van der Waals surface area (Å²) in [5, 5.41) is -4.90. The van der Waals surface area contributed by atoms with Crippen molar-refractivity contribution >= 4 is 21.9 Å². The van der Waals surface area contributed by atoms with E-state index in [0.717, 1.165) is 19.3 Å². The van der Waals surface area contributed by atoms with Crippen LogP contribution in [-0.4, -0.2) is 68.3 Å². The van der Waals surface area contributed by atoms with Crippen LogP contribution in [0.5, 0.6) is 0 Å². The molecule has 194 valence electrons. The van der Waals surface area contributed by atoms with Crippen LogP contribution in [0, 0.1) is 17.3 Å². The zero-order valence-electron chi connectivity index (χ0n) is 19.4. The van der Waals surface area contributed by atoms with Gasteiger partial charge in [-0.1, -0.05) is 6.58 Å². The lowest BCUT2D eigenvalue weighted by molar-refractivity contribution is -0.227. The Morgan fingerprint density at radius 3 is 2.32 bits per heavy atom. The van der Waals surface area contributed by atoms with Gasteiger partial charge in [-0.15, -0.1) is 0 Å². The molecule has 3 unspecified atom stereocenters. The molecule has 0 aromatic rings. The lowest BCUT2D eigenvalue weighted by Crippen LogP contribution is -2.59. The van der Waals surface area contributed by atoms with Gasteiger partial charge in [-0.3, -0.25) is 9.35 Å². The van der Waals surface area contributed by atoms with Gasteiger partial charge in [-0.2, -0.15) is 17.2 Å². The lowest BCUT2D eigenvalue weighted by Gasteiger charge is -2.61. The first-order chi connectivity index (χ1) is 15.7. The zero-order valence-corrected chi connectivity index (χ0v) is 20.2. The van der Waals surface area contributed by atoms with Gasteiger partial charge in [0.15, 0.2) is 6.29 Å². The Kier molecular flexibility index (Phi) is 7.88. The summed E-state index contributed by atoms with van der Waals surface area (Å²) in [5.41, 5.74) is -0.771. The fourth-order valence-corrected chi connectivity index (χ4v) is 6.31. The Balaban J connectivity index is 1.54. The number of esters is 1. The van der Waals surface area contributed by atoms with Gasteiger partial charge in [-0.05, 0) is 69.6 Å². The number of rotatable bonds is 13. The van der Waals surface area contributed by atoms with E-state index in [1.165, 1.54) is 0 Å². The maximum Gasteiger partial charge on any atom is 0.429 e. The molecule has 0 amide bonds. The number of carbonyl (C=O) groups excluding carboxylic acids is 2. The summed E-state index contributed by atoms with van der Waals surface area (Å²) in [6.45, 7) is 6.24. The molecule has 0 spiro atoms. The largest absolute Gasteiger partial charge is 0.460 e. The van der Waals surface area contributed by atoms with Crippen molar-refractivity contribution in [3.8, 4) is 0 Å². The number of halogens is 2. The van der Waals surface area contributed by atoms with Crippen molar-refractivity contribution in [3.63, 3.8) is 0 Å². The van der Waals surface area contributed by atoms with E-state index in [-0.39, 0.29) is 18.6 Å². The topological polar surface area (TPSA) is 125 Å². The number of ether oxygens (including phenoxy) is 4. The SMILES string of the molecule is C=C(C)C(=O)OCCOC(C)OCC12CC3CC(C1)CC(OCC(=O)C(F)(F)S(=O)(=O)O)(C3)C2. The van der Waals surface area contributed by atoms with Gasteiger partial charge in [-0.25, -0.2) is 4.79 Å². The normalized spacial score (nSPS) is 31.3. The first-order valence-electron chi connectivity index (χ1n) is 11.2. The van der Waals surface area contributed by atoms with E-state index < -0.39 is 45.6 Å². The van der Waals surface area contributed by atoms with Crippen LogP contribution in [0.3, 0.4) is 0 Å². The summed E-state index contributed by atoms with van der Waals surface area (Å²) in [6, 6.07) is 0. The molecule has 4 rings (SSSR count). The van der Waals surface area contributed by atoms with Gasteiger partial charge in [0.25, 0.3) is 0 Å². The number of Topliss-reactive ketones (excluding diaryl/α,β-unsaturated/α-hetero) is 1. The highest BCUT2D eigenvalue weighted by atomic mass is 32.2. The van der Waals surface area contributed by atoms with Crippen LogP contribution in [0.15, 0.2) is 12.2 Å². The van der Waals surface area contributed by atoms with Crippen LogP contribution in [0.4, 0.5) is 8.78 Å². The van der Waals surface area contributed by atoms with E-state index in [9.17, 15) is 26.8 Å². The van der Waals surface area contributed by atoms with Crippen molar-refractivity contribution in [1.29, 1.82) is 0 Å². The molecule has 3 atom stereocenters. The second-order valence-corrected chi connectivity index (χ2v) is 11.5. The van der Waals surface area contributed by atoms with E-state index in [4.69, 9.17) is 23.5 Å². The number of hydrogen-bond acceptors (Lipinski definition) is 8. The molecule has 1 N–H and O–H groups in total. The molecule has 0 aromatic heterocycles. The highest BCUT2D eigenvalue weighted by Gasteiger charge is 2.59. The van der Waals surface area contributed by atoms with Gasteiger partial charge in [0.1, 0.15) is 13.2 Å². The first kappa shape index (κ1) is 27.1. The maximum atomic E-state index is 13.6. The summed E-state index contributed by atoms with van der Waals surface area (Å²) in [5.74, 6) is -1.89. The third-order valence-corrected chi connectivity index (χ3v) is 7.80. The first-order valence-corrected chi connectivity index (χ1v) is 12.7. The highest BCUT2D eigenvalue weighted by molar-refractivity contribution is 7.87. The van der Waals surface area contributed by atoms with Crippen LogP contribution in [0.2, 0.25) is 0 Å². The summed E-state index contributed by atoms with van der Waals surface area (Å²) in [4.78, 5) is 23.2. The Labute approximate surface area is 197 Å². The van der Waals surface area contributed by atoms with Crippen molar-refractivity contribution < 1.29 is 50.3 Å². The molecule has 12 heteroatoms. The number of ketones is 1. The third kappa shape index (κ3) is 6.01. The van der Waals surface area contributed by atoms with E-state index >= 15 is 0 Å². The van der Waals surface area contributed by atoms with Gasteiger partial charge in [0, 0.05) is 5.57 Å². The maximum absolute atomic E-state index is 13.6. The van der Waals surface area contributed by atoms with E-state index in [1.54, 1.807) is 13.8 Å². The fourth-order valence-electron chi connectivity index (χ4n) is 5.96. The number of carbonyl (C=O) groups is 2. The minimum atomic E-state index is -5.86. The molecule has 9 nitrogen and oxygen atoms in total. The fraction of sp³-hybridized carbons (Fsp3) is 0.818. The van der Waals surface area contributed by atoms with Crippen LogP contribution in [0.1, 0.15) is 52.4 Å². The average molecular weight is 511 g/mol. The van der Waals surface area contributed by atoms with Crippen molar-refractivity contribution in [2.24, 2.45) is 17.3 Å². The van der Waals surface area contributed by atoms with Crippen LogP contribution >= 0.6 is 0 Å². The van der Waals surface area contributed by atoms with Crippen LogP contribution in [-0.2, 0) is 38.7 Å². The smallest absolute Gasteiger partial charge is 0.429 e. The minimum absolute atomic E-state index is 0.0634. The molecule has 0 saturated heterocycles. The van der Waals surface area contributed by atoms with Gasteiger partial charge >= 0.3 is 21.3 Å². The van der Waals surface area contributed by atoms with Gasteiger partial charge < -0.3 is 18.9 Å². The molecule has 4 fully saturated rings. The monoisotopic (exact) mass is 510 g/mol. The molecule has 34 heavy (non-hydrogen) atoms. The molecule has 4 saturated carbocycles. The highest BCUT2D eigenvalue weighted by Crippen LogP contribution is 2.63. The van der Waals surface area contributed by atoms with Gasteiger partial charge in [0.05, 0.1) is 18.8 Å². The Bertz CT molecular complexity index is 903. The van der Waals surface area contributed by atoms with Crippen molar-refractivity contribution in [1.82, 2.24) is 0 Å². The van der Waals surface area contributed by atoms with Crippen LogP contribution in [0.25, 0.3) is 0 Å². The van der Waals surface area contributed by atoms with Crippen molar-refractivity contribution in [2.75, 3.05) is 26.4 Å². The molecule has 4 aliphatic rings. The van der Waals surface area contributed by atoms with E-state index in [0.29, 0.717) is 43.3 Å². The van der Waals surface area contributed by atoms with Crippen molar-refractivity contribution in [2.45, 2.75) is 69.5 Å². The molecule has 0 aromatic carbocycles. The third-order valence-electron chi connectivity index (χ3n) is 6.93. The molecule has 0 aliphatic heterocycles. The predicted molar refractivity (Wildman–Crippen MR) is 114 cm³/mol. The molecule has 0 radical (unpaired) electrons. The molecule has 4 aliphatic carbocycles. The number of alkyl halides is 2. The van der Waals surface area contributed by atoms with Crippen molar-refractivity contribution in [3.05, 3.63) is 12.2 Å². The molecular weight excluding hydrogens is 478 g/mol. The van der Waals surface area contributed by atoms with Gasteiger partial charge in [0.2, 0.25) is 5.78 Å². The Morgan fingerprint density at radius 2 is 1.76 bits per heavy atom. The van der Waals surface area contributed by atoms with Crippen LogP contribution < -0.4 is 0 Å². The standard InChI is InChI=1S/C22H32F2O9S/c1-14(2)19(26)31-5-4-30-15(3)32-13-20-7-16-6-17(8-20)10-21(9-16,12-20)33-11-18(25)22(23,24)34(27,28)29/h15-17H,1,4-13H2,2-3H3,(H,27,28,29). The average Bonchev–Trinajstić information content (AvgIpc) is 2.71. The quantitative estimate of drug-likeness (QED) is 0.131. The second-order valence-electron chi connectivity index (χ2n) is 10.0. The minimum Gasteiger partial charge on any atom is -0.460 e. The second kappa shape index (κ2) is 9.88. The summed E-state index contributed by atoms with van der Waals surface area (Å²) < 4.78 is 79.8. The van der Waals surface area contributed by atoms with E-state index in [2.05, 4.69) is 6.58 Å². The molecular formula is C22H32F2O9S. The Hall–Kier alpha value is -1.47. The van der Waals surface area contributed by atoms with E-state index in [1.807, 2.05) is 0 Å². The molecule has 0 heterocycles. The predicted octanol–water partition coefficient (Wildman–Crippen LogP) is 2.89. The Morgan fingerprint density at radius 1 is 1.15 bits per heavy atom. The molecule has 4 bridgehead atoms. The zero-order chi connectivity index (χ0) is 25.4. The number of hydrogen-bond donors (Lipinski definition) is 1. The lowest BCUT2D eigenvalue weighted by atomic mass is 9.48.